The Bertz CT molecular complexity index is 6680. The van der Waals surface area contributed by atoms with Crippen LogP contribution in [-0.4, -0.2) is 22.9 Å². The number of hydrogen-bond donors (Lipinski definition) is 0. The first-order valence-corrected chi connectivity index (χ1v) is 46.5. The van der Waals surface area contributed by atoms with Gasteiger partial charge in [-0.1, -0.05) is 448 Å². The molecule has 0 radical (unpaired) electrons. The molecule has 121 heavy (non-hydrogen) atoms. The number of fused-ring (bicyclic) bond motifs is 4. The second-order valence-corrected chi connectivity index (χ2v) is 42.3. The van der Waals surface area contributed by atoms with E-state index in [0.29, 0.717) is 0 Å². The third-order valence-electron chi connectivity index (χ3n) is 25.4. The Morgan fingerprint density at radius 2 is 0.496 bits per heavy atom. The lowest BCUT2D eigenvalue weighted by Crippen LogP contribution is -2.74. The van der Waals surface area contributed by atoms with Gasteiger partial charge in [0.25, 0.3) is 6.71 Å². The highest BCUT2D eigenvalue weighted by molar-refractivity contribution is 7.20. The van der Waals surface area contributed by atoms with Crippen LogP contribution in [0.25, 0.3) is 77.9 Å². The van der Waals surface area contributed by atoms with Gasteiger partial charge in [0, 0.05) is 34.0 Å². The Morgan fingerprint density at radius 1 is 0.190 bits per heavy atom. The highest BCUT2D eigenvalue weighted by Gasteiger charge is 2.47. The van der Waals surface area contributed by atoms with Gasteiger partial charge in [0.1, 0.15) is 0 Å². The monoisotopic (exact) mass is 1580 g/mol. The lowest BCUT2D eigenvalue weighted by Gasteiger charge is -2.45. The van der Waals surface area contributed by atoms with Gasteiger partial charge in [0.2, 0.25) is 0 Å². The van der Waals surface area contributed by atoms with E-state index < -0.39 is 16.1 Å². The quantitative estimate of drug-likeness (QED) is 0.0662. The summed E-state index contributed by atoms with van der Waals surface area (Å²) in [6.07, 6.45) is 0. The third kappa shape index (κ3) is 13.7. The average Bonchev–Trinajstić information content (AvgIpc) is 0.689. The summed E-state index contributed by atoms with van der Waals surface area (Å²) in [4.78, 5) is 5.26. The molecule has 0 bridgehead atoms. The highest BCUT2D eigenvalue weighted by atomic mass is 28.3. The fourth-order valence-electron chi connectivity index (χ4n) is 19.4. The minimum atomic E-state index is -3.06. The minimum absolute atomic E-state index is 0.0915. The van der Waals surface area contributed by atoms with Crippen LogP contribution in [0.2, 0.25) is 0 Å². The Kier molecular flexibility index (Phi) is 19.7. The number of rotatable bonds is 17. The van der Waals surface area contributed by atoms with Crippen LogP contribution < -0.4 is 67.7 Å². The van der Waals surface area contributed by atoms with Crippen LogP contribution >= 0.6 is 0 Å². The molecule has 20 rings (SSSR count). The summed E-state index contributed by atoms with van der Waals surface area (Å²) in [6.45, 7) is 13.9. The first-order valence-electron chi connectivity index (χ1n) is 42.5. The largest absolute Gasteiger partial charge is 0.311 e. The zero-order valence-electron chi connectivity index (χ0n) is 69.3. The molecule has 0 fully saturated rings. The van der Waals surface area contributed by atoms with Crippen molar-refractivity contribution in [3.63, 3.8) is 0 Å². The second-order valence-electron chi connectivity index (χ2n) is 34.7. The third-order valence-corrected chi connectivity index (χ3v) is 35.0. The van der Waals surface area contributed by atoms with Crippen molar-refractivity contribution < 1.29 is 0 Å². The molecule has 2 heterocycles. The molecular weight excluding hydrogens is 1490 g/mol. The fraction of sp³-hybridized carbons (Fsp3) is 0.0690. The average molecular weight is 1580 g/mol. The van der Waals surface area contributed by atoms with E-state index in [0.717, 1.165) is 73.1 Å². The van der Waals surface area contributed by atoms with Crippen LogP contribution in [0.15, 0.2) is 455 Å². The topological polar surface area (TPSA) is 6.48 Å². The molecule has 0 spiro atoms. The standard InChI is InChI=1S/C116H93BN2Si2/c1-115(2,3)95-72-93(73-96(81-95)116(4,5)6)92-62-69-107-111(78-92)118(97-46-24-11-25-47-97)112-79-94(86-60-67-103(68-61-86)121(100-52-30-14-31-53-100,101-54-32-15-33-55-101)105-57-35-45-89(75-105)83-38-18-8-19-39-83)80-113-114(112)117(107)108-77-91(64-71-110(108)119(113)109-70-63-90(84-40-20-9-21-41-84)76-106(109)87-42-22-10-23-43-87)85-58-65-102(66-59-85)120(98-48-26-12-27-49-98,99-50-28-13-29-51-99)104-56-34-44-88(74-104)82-36-16-7-17-37-82/h7-81H,1-6H3. The van der Waals surface area contributed by atoms with Gasteiger partial charge in [0.15, 0.2) is 16.1 Å². The maximum absolute atomic E-state index is 3.06. The summed E-state index contributed by atoms with van der Waals surface area (Å²) in [5.41, 5.74) is 29.3. The van der Waals surface area contributed by atoms with Gasteiger partial charge in [-0.2, -0.15) is 0 Å². The summed E-state index contributed by atoms with van der Waals surface area (Å²) in [6, 6.07) is 173. The number of para-hydroxylation sites is 1. The van der Waals surface area contributed by atoms with E-state index in [9.17, 15) is 0 Å². The van der Waals surface area contributed by atoms with Gasteiger partial charge in [0.05, 0.1) is 5.69 Å². The van der Waals surface area contributed by atoms with E-state index in [1.54, 1.807) is 0 Å². The normalized spacial score (nSPS) is 12.5. The summed E-state index contributed by atoms with van der Waals surface area (Å²) in [5, 5.41) is 10.6. The Labute approximate surface area is 715 Å². The maximum Gasteiger partial charge on any atom is 0.252 e. The van der Waals surface area contributed by atoms with Crippen LogP contribution in [0.3, 0.4) is 0 Å². The molecule has 0 aromatic heterocycles. The molecule has 2 aliphatic heterocycles. The van der Waals surface area contributed by atoms with Crippen LogP contribution in [0.5, 0.6) is 0 Å². The smallest absolute Gasteiger partial charge is 0.252 e. The molecule has 0 N–H and O–H groups in total. The van der Waals surface area contributed by atoms with E-state index in [1.807, 2.05) is 0 Å². The maximum atomic E-state index is 2.65. The number of nitrogens with zero attached hydrogens (tertiary/aromatic N) is 2. The number of anilines is 6. The van der Waals surface area contributed by atoms with Gasteiger partial charge in [-0.15, -0.1) is 0 Å². The van der Waals surface area contributed by atoms with Crippen molar-refractivity contribution in [1.29, 1.82) is 0 Å². The molecule has 0 saturated heterocycles. The summed E-state index contributed by atoms with van der Waals surface area (Å²) in [7, 11) is -6.07. The van der Waals surface area contributed by atoms with E-state index in [2.05, 4.69) is 506 Å². The molecule has 18 aromatic rings. The van der Waals surface area contributed by atoms with Crippen molar-refractivity contribution in [1.82, 2.24) is 0 Å². The van der Waals surface area contributed by atoms with Crippen LogP contribution in [0, 0.1) is 0 Å². The van der Waals surface area contributed by atoms with Gasteiger partial charge in [-0.05, 0) is 201 Å². The van der Waals surface area contributed by atoms with Crippen molar-refractivity contribution >= 4 is 115 Å². The van der Waals surface area contributed by atoms with Crippen molar-refractivity contribution in [2.75, 3.05) is 9.80 Å². The second kappa shape index (κ2) is 31.4. The van der Waals surface area contributed by atoms with Crippen molar-refractivity contribution in [3.05, 3.63) is 466 Å². The molecule has 578 valence electrons. The molecule has 0 aliphatic carbocycles. The Morgan fingerprint density at radius 3 is 0.934 bits per heavy atom. The summed E-state index contributed by atoms with van der Waals surface area (Å²) >= 11 is 0. The zero-order valence-corrected chi connectivity index (χ0v) is 71.3. The van der Waals surface area contributed by atoms with E-state index in [-0.39, 0.29) is 17.5 Å². The highest BCUT2D eigenvalue weighted by Crippen LogP contribution is 2.50. The molecule has 18 aromatic carbocycles. The van der Waals surface area contributed by atoms with E-state index in [1.165, 1.54) is 108 Å². The summed E-state index contributed by atoms with van der Waals surface area (Å²) in [5.74, 6) is 0. The predicted octanol–water partition coefficient (Wildman–Crippen LogP) is 22.8. The molecule has 2 aliphatic rings. The fourth-order valence-corrected chi connectivity index (χ4v) is 28.9. The molecule has 0 atom stereocenters. The molecule has 0 unspecified atom stereocenters. The van der Waals surface area contributed by atoms with E-state index >= 15 is 0 Å². The Hall–Kier alpha value is -13.9. The predicted molar refractivity (Wildman–Crippen MR) is 523 cm³/mol. The molecule has 2 nitrogen and oxygen atoms in total. The lowest BCUT2D eigenvalue weighted by atomic mass is 9.33. The van der Waals surface area contributed by atoms with E-state index in [4.69, 9.17) is 0 Å². The molecule has 5 heteroatoms. The minimum Gasteiger partial charge on any atom is -0.311 e. The first kappa shape index (κ1) is 75.8. The first-order chi connectivity index (χ1) is 59.2. The van der Waals surface area contributed by atoms with Gasteiger partial charge < -0.3 is 9.80 Å². The van der Waals surface area contributed by atoms with Crippen molar-refractivity contribution in [2.24, 2.45) is 0 Å². The number of benzene rings is 18. The van der Waals surface area contributed by atoms with Gasteiger partial charge >= 0.3 is 0 Å². The van der Waals surface area contributed by atoms with Crippen molar-refractivity contribution in [3.8, 4) is 77.9 Å². The lowest BCUT2D eigenvalue weighted by molar-refractivity contribution is 0.569. The van der Waals surface area contributed by atoms with Crippen LogP contribution in [-0.2, 0) is 10.8 Å². The van der Waals surface area contributed by atoms with Crippen LogP contribution in [0.4, 0.5) is 34.1 Å². The van der Waals surface area contributed by atoms with Crippen molar-refractivity contribution in [2.45, 2.75) is 52.4 Å². The van der Waals surface area contributed by atoms with Gasteiger partial charge in [-0.25, -0.2) is 0 Å². The zero-order chi connectivity index (χ0) is 81.8. The van der Waals surface area contributed by atoms with Crippen LogP contribution in [0.1, 0.15) is 52.7 Å². The molecule has 0 amide bonds. The Balaban J connectivity index is 0.843. The molecular formula is C116H93BN2Si2. The molecule has 0 saturated carbocycles. The van der Waals surface area contributed by atoms with Gasteiger partial charge in [-0.3, -0.25) is 0 Å². The summed E-state index contributed by atoms with van der Waals surface area (Å²) < 4.78 is 0. The number of hydrogen-bond acceptors (Lipinski definition) is 2. The SMILES string of the molecule is CC(C)(C)c1cc(-c2ccc3c(c2)N(c2ccccc2)c2cc(-c4ccc([Si](c5ccccc5)(c5ccccc5)c5cccc(-c6ccccc6)c5)cc4)cc4c2B3c2cc(-c3ccc([Si](c5ccccc5)(c5ccccc5)c5cccc(-c6ccccc6)c5)cc3)ccc2N4c2ccc(-c3ccccc3)cc2-c2ccccc2)cc(C(C)(C)C)c1.